The summed E-state index contributed by atoms with van der Waals surface area (Å²) in [6.07, 6.45) is 2.98. The van der Waals surface area contributed by atoms with E-state index in [1.807, 2.05) is 18.2 Å². The normalized spacial score (nSPS) is 25.1. The highest BCUT2D eigenvalue weighted by molar-refractivity contribution is 7.99. The van der Waals surface area contributed by atoms with Gasteiger partial charge in [-0.15, -0.1) is 0 Å². The van der Waals surface area contributed by atoms with Crippen molar-refractivity contribution in [1.29, 1.82) is 0 Å². The largest absolute Gasteiger partial charge is 0.492 e. The third kappa shape index (κ3) is 3.61. The van der Waals surface area contributed by atoms with Crippen molar-refractivity contribution < 1.29 is 19.2 Å². The van der Waals surface area contributed by atoms with E-state index in [1.165, 1.54) is 0 Å². The van der Waals surface area contributed by atoms with Gasteiger partial charge in [0.05, 0.1) is 12.0 Å². The molecule has 3 rings (SSSR count). The highest BCUT2D eigenvalue weighted by Gasteiger charge is 2.34. The molecule has 0 spiro atoms. The van der Waals surface area contributed by atoms with Gasteiger partial charge in [-0.05, 0) is 42.4 Å². The summed E-state index contributed by atoms with van der Waals surface area (Å²) >= 11 is 1.59. The quantitative estimate of drug-likeness (QED) is 0.480. The maximum Gasteiger partial charge on any atom is 0.492 e. The van der Waals surface area contributed by atoms with Crippen LogP contribution in [-0.2, 0) is 14.1 Å². The third-order valence-electron chi connectivity index (χ3n) is 3.80. The summed E-state index contributed by atoms with van der Waals surface area (Å²) in [5.74, 6) is 0.542. The van der Waals surface area contributed by atoms with Crippen molar-refractivity contribution in [1.82, 2.24) is 0 Å². The van der Waals surface area contributed by atoms with Crippen molar-refractivity contribution in [2.45, 2.75) is 36.6 Å². The van der Waals surface area contributed by atoms with Gasteiger partial charge < -0.3 is 24.9 Å². The predicted octanol–water partition coefficient (Wildman–Crippen LogP) is 0.997. The number of nitrogens with two attached hydrogens (primary N) is 1. The molecular formula is C14H20BNO4S. The van der Waals surface area contributed by atoms with Gasteiger partial charge in [-0.3, -0.25) is 0 Å². The SMILES string of the molecule is NCC1OB(O)c2cc(SCOC3CCCCO3)ccc21. The van der Waals surface area contributed by atoms with E-state index in [9.17, 15) is 5.02 Å². The van der Waals surface area contributed by atoms with Gasteiger partial charge in [0.1, 0.15) is 0 Å². The Labute approximate surface area is 129 Å². The Hall–Kier alpha value is -0.565. The average molecular weight is 309 g/mol. The van der Waals surface area contributed by atoms with Crippen molar-refractivity contribution in [2.75, 3.05) is 19.1 Å². The number of hydrogen-bond donors (Lipinski definition) is 2. The first-order chi connectivity index (χ1) is 10.3. The van der Waals surface area contributed by atoms with E-state index in [4.69, 9.17) is 19.9 Å². The minimum absolute atomic E-state index is 0.0729. The minimum Gasteiger partial charge on any atom is -0.423 e. The van der Waals surface area contributed by atoms with Crippen molar-refractivity contribution >= 4 is 24.3 Å². The second-order valence-electron chi connectivity index (χ2n) is 5.23. The molecule has 1 aromatic rings. The Balaban J connectivity index is 1.56. The first-order valence-electron chi connectivity index (χ1n) is 7.31. The van der Waals surface area contributed by atoms with E-state index >= 15 is 0 Å². The zero-order valence-electron chi connectivity index (χ0n) is 11.9. The number of thioether (sulfide) groups is 1. The van der Waals surface area contributed by atoms with Crippen LogP contribution in [0.3, 0.4) is 0 Å². The van der Waals surface area contributed by atoms with E-state index in [0.717, 1.165) is 41.8 Å². The Morgan fingerprint density at radius 3 is 3.10 bits per heavy atom. The number of benzene rings is 1. The Morgan fingerprint density at radius 1 is 1.43 bits per heavy atom. The molecule has 2 aliphatic rings. The van der Waals surface area contributed by atoms with Crippen LogP contribution in [0.1, 0.15) is 30.9 Å². The molecule has 2 aliphatic heterocycles. The molecule has 0 bridgehead atoms. The average Bonchev–Trinajstić information content (AvgIpc) is 2.84. The maximum absolute atomic E-state index is 9.90. The number of hydrogen-bond acceptors (Lipinski definition) is 6. The molecule has 1 aromatic carbocycles. The summed E-state index contributed by atoms with van der Waals surface area (Å²) in [6.45, 7) is 1.16. The van der Waals surface area contributed by atoms with E-state index in [-0.39, 0.29) is 12.4 Å². The fourth-order valence-electron chi connectivity index (χ4n) is 2.66. The van der Waals surface area contributed by atoms with E-state index in [1.54, 1.807) is 11.8 Å². The van der Waals surface area contributed by atoms with E-state index in [0.29, 0.717) is 12.5 Å². The zero-order valence-corrected chi connectivity index (χ0v) is 12.7. The molecule has 2 heterocycles. The van der Waals surface area contributed by atoms with Crippen LogP contribution >= 0.6 is 11.8 Å². The van der Waals surface area contributed by atoms with Gasteiger partial charge >= 0.3 is 7.12 Å². The summed E-state index contributed by atoms with van der Waals surface area (Å²) < 4.78 is 16.6. The standard InChI is InChI=1S/C14H20BNO4S/c16-8-13-11-5-4-10(7-12(11)15(17)20-13)21-9-19-14-3-1-2-6-18-14/h4-5,7,13-14,17H,1-3,6,8-9,16H2. The van der Waals surface area contributed by atoms with Gasteiger partial charge in [0.25, 0.3) is 0 Å². The van der Waals surface area contributed by atoms with Crippen LogP contribution in [0.2, 0.25) is 0 Å². The molecule has 0 aromatic heterocycles. The van der Waals surface area contributed by atoms with Gasteiger partial charge in [-0.1, -0.05) is 17.8 Å². The molecule has 0 amide bonds. The second kappa shape index (κ2) is 7.13. The summed E-state index contributed by atoms with van der Waals surface area (Å²) in [6, 6.07) is 5.94. The summed E-state index contributed by atoms with van der Waals surface area (Å²) in [5.41, 5.74) is 7.42. The van der Waals surface area contributed by atoms with Crippen molar-refractivity contribution in [3.8, 4) is 0 Å². The lowest BCUT2D eigenvalue weighted by molar-refractivity contribution is -0.149. The van der Waals surface area contributed by atoms with Gasteiger partial charge in [0.2, 0.25) is 0 Å². The molecule has 1 fully saturated rings. The molecule has 7 heteroatoms. The highest BCUT2D eigenvalue weighted by Crippen LogP contribution is 2.27. The van der Waals surface area contributed by atoms with Crippen molar-refractivity contribution in [2.24, 2.45) is 5.73 Å². The molecule has 5 nitrogen and oxygen atoms in total. The molecule has 1 saturated heterocycles. The summed E-state index contributed by atoms with van der Waals surface area (Å²) in [4.78, 5) is 1.05. The molecule has 0 saturated carbocycles. The minimum atomic E-state index is -0.878. The van der Waals surface area contributed by atoms with Crippen molar-refractivity contribution in [3.63, 3.8) is 0 Å². The van der Waals surface area contributed by atoms with Gasteiger partial charge in [0.15, 0.2) is 6.29 Å². The Morgan fingerprint density at radius 2 is 2.33 bits per heavy atom. The van der Waals surface area contributed by atoms with Crippen molar-refractivity contribution in [3.05, 3.63) is 23.8 Å². The van der Waals surface area contributed by atoms with Crippen LogP contribution in [-0.4, -0.2) is 37.5 Å². The first-order valence-corrected chi connectivity index (χ1v) is 8.30. The second-order valence-corrected chi connectivity index (χ2v) is 6.22. The monoisotopic (exact) mass is 309 g/mol. The van der Waals surface area contributed by atoms with Gasteiger partial charge in [0, 0.05) is 18.0 Å². The van der Waals surface area contributed by atoms with E-state index < -0.39 is 7.12 Å². The fourth-order valence-corrected chi connectivity index (χ4v) is 3.39. The molecule has 0 aliphatic carbocycles. The number of ether oxygens (including phenoxy) is 2. The van der Waals surface area contributed by atoms with Crippen LogP contribution in [0.15, 0.2) is 23.1 Å². The molecular weight excluding hydrogens is 289 g/mol. The lowest BCUT2D eigenvalue weighted by atomic mass is 9.79. The zero-order chi connectivity index (χ0) is 14.7. The molecule has 21 heavy (non-hydrogen) atoms. The molecule has 2 unspecified atom stereocenters. The Kier molecular flexibility index (Phi) is 5.21. The van der Waals surface area contributed by atoms with Gasteiger partial charge in [-0.2, -0.15) is 0 Å². The van der Waals surface area contributed by atoms with Crippen LogP contribution in [0.25, 0.3) is 0 Å². The summed E-state index contributed by atoms with van der Waals surface area (Å²) in [7, 11) is -0.878. The van der Waals surface area contributed by atoms with Crippen LogP contribution < -0.4 is 11.2 Å². The topological polar surface area (TPSA) is 73.9 Å². The smallest absolute Gasteiger partial charge is 0.423 e. The Bertz CT molecular complexity index is 484. The lowest BCUT2D eigenvalue weighted by Gasteiger charge is -2.22. The van der Waals surface area contributed by atoms with Crippen LogP contribution in [0.4, 0.5) is 0 Å². The molecule has 2 atom stereocenters. The first kappa shape index (κ1) is 15.3. The molecule has 114 valence electrons. The molecule has 3 N–H and O–H groups in total. The van der Waals surface area contributed by atoms with Gasteiger partial charge in [-0.25, -0.2) is 0 Å². The maximum atomic E-state index is 9.90. The number of fused-ring (bicyclic) bond motifs is 1. The molecule has 0 radical (unpaired) electrons. The highest BCUT2D eigenvalue weighted by atomic mass is 32.2. The van der Waals surface area contributed by atoms with Crippen LogP contribution in [0, 0.1) is 0 Å². The fraction of sp³-hybridized carbons (Fsp3) is 0.571. The predicted molar refractivity (Wildman–Crippen MR) is 82.3 cm³/mol. The summed E-state index contributed by atoms with van der Waals surface area (Å²) in [5, 5.41) is 9.90. The third-order valence-corrected chi connectivity index (χ3v) is 4.64. The number of rotatable bonds is 5. The lowest BCUT2D eigenvalue weighted by Crippen LogP contribution is -2.28. The van der Waals surface area contributed by atoms with E-state index in [2.05, 4.69) is 0 Å². The van der Waals surface area contributed by atoms with Crippen LogP contribution in [0.5, 0.6) is 0 Å².